The Bertz CT molecular complexity index is 536. The summed E-state index contributed by atoms with van der Waals surface area (Å²) in [6.45, 7) is 1.28. The van der Waals surface area contributed by atoms with Gasteiger partial charge in [-0.3, -0.25) is 4.68 Å². The number of halogens is 1. The van der Waals surface area contributed by atoms with Crippen LogP contribution in [0.1, 0.15) is 11.1 Å². The van der Waals surface area contributed by atoms with Gasteiger partial charge in [0.15, 0.2) is 0 Å². The van der Waals surface area contributed by atoms with Crippen LogP contribution in [0.5, 0.6) is 0 Å². The van der Waals surface area contributed by atoms with Crippen molar-refractivity contribution in [3.8, 4) is 0 Å². The molecule has 2 rings (SSSR count). The van der Waals surface area contributed by atoms with Gasteiger partial charge in [0.2, 0.25) is 0 Å². The summed E-state index contributed by atoms with van der Waals surface area (Å²) in [6, 6.07) is 5.92. The van der Waals surface area contributed by atoms with Crippen molar-refractivity contribution in [2.75, 3.05) is 11.9 Å². The number of hydrogen-bond donors (Lipinski definition) is 1. The molecule has 0 radical (unpaired) electrons. The minimum Gasteiger partial charge on any atom is -0.369 e. The normalized spacial score (nSPS) is 10.7. The van der Waals surface area contributed by atoms with Crippen LogP contribution >= 0.6 is 11.6 Å². The highest BCUT2D eigenvalue weighted by molar-refractivity contribution is 6.33. The molecule has 18 heavy (non-hydrogen) atoms. The van der Waals surface area contributed by atoms with Crippen molar-refractivity contribution in [3.63, 3.8) is 0 Å². The highest BCUT2D eigenvalue weighted by atomic mass is 35.5. The summed E-state index contributed by atoms with van der Waals surface area (Å²) in [5.41, 5.74) is 8.78. The summed E-state index contributed by atoms with van der Waals surface area (Å²) >= 11 is 6.26. The van der Waals surface area contributed by atoms with Crippen molar-refractivity contribution in [1.29, 1.82) is 0 Å². The van der Waals surface area contributed by atoms with Crippen LogP contribution in [0, 0.1) is 0 Å². The molecular formula is C13H17ClN4. The molecule has 4 nitrogen and oxygen atoms in total. The van der Waals surface area contributed by atoms with E-state index in [1.54, 1.807) is 4.68 Å². The lowest BCUT2D eigenvalue weighted by atomic mass is 10.2. The fraction of sp³-hybridized carbons (Fsp3) is 0.308. The Kier molecular flexibility index (Phi) is 3.89. The fourth-order valence-electron chi connectivity index (χ4n) is 1.90. The second kappa shape index (κ2) is 5.42. The van der Waals surface area contributed by atoms with E-state index in [2.05, 4.69) is 10.00 Å². The molecule has 0 spiro atoms. The molecule has 0 bridgehead atoms. The van der Waals surface area contributed by atoms with E-state index in [1.807, 2.05) is 44.7 Å². The van der Waals surface area contributed by atoms with E-state index in [0.717, 1.165) is 28.4 Å². The summed E-state index contributed by atoms with van der Waals surface area (Å²) in [7, 11) is 3.92. The molecule has 1 heterocycles. The second-order valence-electron chi connectivity index (χ2n) is 4.37. The summed E-state index contributed by atoms with van der Waals surface area (Å²) in [4.78, 5) is 2.10. The third-order valence-electron chi connectivity index (χ3n) is 2.84. The van der Waals surface area contributed by atoms with Crippen molar-refractivity contribution in [2.24, 2.45) is 12.8 Å². The number of aryl methyl sites for hydroxylation is 1. The minimum atomic E-state index is 0.506. The fourth-order valence-corrected chi connectivity index (χ4v) is 2.25. The lowest BCUT2D eigenvalue weighted by Gasteiger charge is -2.20. The van der Waals surface area contributed by atoms with Crippen LogP contribution < -0.4 is 10.6 Å². The topological polar surface area (TPSA) is 47.1 Å². The maximum absolute atomic E-state index is 6.26. The number of nitrogens with two attached hydrogens (primary N) is 1. The van der Waals surface area contributed by atoms with Gasteiger partial charge in [0, 0.05) is 38.9 Å². The van der Waals surface area contributed by atoms with Gasteiger partial charge < -0.3 is 10.6 Å². The number of benzene rings is 1. The molecule has 2 aromatic rings. The third kappa shape index (κ3) is 2.83. The largest absolute Gasteiger partial charge is 0.369 e. The third-order valence-corrected chi connectivity index (χ3v) is 3.14. The lowest BCUT2D eigenvalue weighted by molar-refractivity contribution is 0.766. The van der Waals surface area contributed by atoms with E-state index in [0.29, 0.717) is 6.54 Å². The van der Waals surface area contributed by atoms with Crippen molar-refractivity contribution in [1.82, 2.24) is 9.78 Å². The average Bonchev–Trinajstić information content (AvgIpc) is 2.74. The molecule has 0 saturated heterocycles. The standard InChI is InChI=1S/C13H17ClN4/c1-17(8-11-7-16-18(2)9-11)13-4-3-10(6-15)5-12(13)14/h3-5,7,9H,6,8,15H2,1-2H3. The average molecular weight is 265 g/mol. The van der Waals surface area contributed by atoms with Crippen molar-refractivity contribution in [3.05, 3.63) is 46.7 Å². The van der Waals surface area contributed by atoms with E-state index in [4.69, 9.17) is 17.3 Å². The molecule has 0 amide bonds. The zero-order valence-electron chi connectivity index (χ0n) is 10.6. The Morgan fingerprint density at radius 1 is 1.39 bits per heavy atom. The first kappa shape index (κ1) is 12.9. The number of anilines is 1. The molecular weight excluding hydrogens is 248 g/mol. The maximum atomic E-state index is 6.26. The first-order valence-corrected chi connectivity index (χ1v) is 6.15. The van der Waals surface area contributed by atoms with Gasteiger partial charge in [0.05, 0.1) is 16.9 Å². The summed E-state index contributed by atoms with van der Waals surface area (Å²) < 4.78 is 1.79. The summed E-state index contributed by atoms with van der Waals surface area (Å²) in [5.74, 6) is 0. The monoisotopic (exact) mass is 264 g/mol. The maximum Gasteiger partial charge on any atom is 0.0642 e. The predicted octanol–water partition coefficient (Wildman–Crippen LogP) is 2.17. The molecule has 0 atom stereocenters. The van der Waals surface area contributed by atoms with Crippen LogP contribution in [0.2, 0.25) is 5.02 Å². The SMILES string of the molecule is CN(Cc1cnn(C)c1)c1ccc(CN)cc1Cl. The van der Waals surface area contributed by atoms with Gasteiger partial charge in [-0.2, -0.15) is 5.10 Å². The number of rotatable bonds is 4. The Hall–Kier alpha value is -1.52. The second-order valence-corrected chi connectivity index (χ2v) is 4.78. The highest BCUT2D eigenvalue weighted by Gasteiger charge is 2.08. The molecule has 1 aromatic carbocycles. The predicted molar refractivity (Wildman–Crippen MR) is 74.7 cm³/mol. The van der Waals surface area contributed by atoms with Gasteiger partial charge >= 0.3 is 0 Å². The first-order valence-electron chi connectivity index (χ1n) is 5.77. The number of nitrogens with zero attached hydrogens (tertiary/aromatic N) is 3. The zero-order valence-corrected chi connectivity index (χ0v) is 11.4. The van der Waals surface area contributed by atoms with Crippen LogP contribution in [0.15, 0.2) is 30.6 Å². The van der Waals surface area contributed by atoms with E-state index in [9.17, 15) is 0 Å². The molecule has 1 aromatic heterocycles. The quantitative estimate of drug-likeness (QED) is 0.921. The molecule has 0 fully saturated rings. The van der Waals surface area contributed by atoms with Crippen LogP contribution in [-0.2, 0) is 20.1 Å². The Balaban J connectivity index is 2.15. The number of aromatic nitrogens is 2. The molecule has 0 aliphatic rings. The molecule has 0 unspecified atom stereocenters. The highest BCUT2D eigenvalue weighted by Crippen LogP contribution is 2.27. The molecule has 0 saturated carbocycles. The van der Waals surface area contributed by atoms with E-state index < -0.39 is 0 Å². The van der Waals surface area contributed by atoms with Crippen molar-refractivity contribution in [2.45, 2.75) is 13.1 Å². The summed E-state index contributed by atoms with van der Waals surface area (Å²) in [5, 5.41) is 4.88. The van der Waals surface area contributed by atoms with Crippen molar-refractivity contribution >= 4 is 17.3 Å². The molecule has 0 aliphatic heterocycles. The Labute approximate surface area is 112 Å². The van der Waals surface area contributed by atoms with Gasteiger partial charge in [0.1, 0.15) is 0 Å². The Morgan fingerprint density at radius 2 is 2.17 bits per heavy atom. The summed E-state index contributed by atoms with van der Waals surface area (Å²) in [6.07, 6.45) is 3.86. The van der Waals surface area contributed by atoms with Gasteiger partial charge in [-0.05, 0) is 17.7 Å². The van der Waals surface area contributed by atoms with E-state index >= 15 is 0 Å². The van der Waals surface area contributed by atoms with Gasteiger partial charge in [-0.25, -0.2) is 0 Å². The van der Waals surface area contributed by atoms with Crippen LogP contribution in [-0.4, -0.2) is 16.8 Å². The first-order chi connectivity index (χ1) is 8.60. The zero-order chi connectivity index (χ0) is 13.1. The van der Waals surface area contributed by atoms with Crippen molar-refractivity contribution < 1.29 is 0 Å². The van der Waals surface area contributed by atoms with Gasteiger partial charge in [-0.1, -0.05) is 17.7 Å². The van der Waals surface area contributed by atoms with E-state index in [1.165, 1.54) is 0 Å². The van der Waals surface area contributed by atoms with Gasteiger partial charge in [-0.15, -0.1) is 0 Å². The molecule has 5 heteroatoms. The molecule has 96 valence electrons. The lowest BCUT2D eigenvalue weighted by Crippen LogP contribution is -2.16. The van der Waals surface area contributed by atoms with Crippen LogP contribution in [0.3, 0.4) is 0 Å². The smallest absolute Gasteiger partial charge is 0.0642 e. The molecule has 2 N–H and O–H groups in total. The van der Waals surface area contributed by atoms with Crippen LogP contribution in [0.4, 0.5) is 5.69 Å². The van der Waals surface area contributed by atoms with E-state index in [-0.39, 0.29) is 0 Å². The molecule has 0 aliphatic carbocycles. The van der Waals surface area contributed by atoms with Crippen LogP contribution in [0.25, 0.3) is 0 Å². The number of hydrogen-bond acceptors (Lipinski definition) is 3. The van der Waals surface area contributed by atoms with Gasteiger partial charge in [0.25, 0.3) is 0 Å². The Morgan fingerprint density at radius 3 is 2.72 bits per heavy atom. The minimum absolute atomic E-state index is 0.506.